The summed E-state index contributed by atoms with van der Waals surface area (Å²) in [6.45, 7) is 0. The molecular formula is C18H17NO3. The number of hydrogen-bond donors (Lipinski definition) is 0. The maximum Gasteiger partial charge on any atom is 0.338 e. The standard InChI is InChI=1S/C18H17NO3/c1-19(15-9-4-3-5-10-15)17(20)13-12-14-8-6-7-11-16(14)18(21)22-2/h3-13H,1-2H3/b13-12+. The Balaban J connectivity index is 2.19. The highest BCUT2D eigenvalue weighted by atomic mass is 16.5. The van der Waals surface area contributed by atoms with Crippen LogP contribution >= 0.6 is 0 Å². The first-order chi connectivity index (χ1) is 10.6. The molecule has 22 heavy (non-hydrogen) atoms. The second-order valence-electron chi connectivity index (χ2n) is 4.64. The smallest absolute Gasteiger partial charge is 0.338 e. The van der Waals surface area contributed by atoms with Crippen LogP contribution in [0.2, 0.25) is 0 Å². The molecule has 0 spiro atoms. The summed E-state index contributed by atoms with van der Waals surface area (Å²) in [5.41, 5.74) is 1.87. The Morgan fingerprint density at radius 1 is 1.00 bits per heavy atom. The highest BCUT2D eigenvalue weighted by molar-refractivity contribution is 6.04. The van der Waals surface area contributed by atoms with Gasteiger partial charge in [0.15, 0.2) is 0 Å². The number of amides is 1. The zero-order chi connectivity index (χ0) is 15.9. The number of carbonyl (C=O) groups is 2. The van der Waals surface area contributed by atoms with Gasteiger partial charge in [0, 0.05) is 18.8 Å². The summed E-state index contributed by atoms with van der Waals surface area (Å²) < 4.78 is 4.73. The predicted molar refractivity (Wildman–Crippen MR) is 86.7 cm³/mol. The molecule has 0 saturated carbocycles. The zero-order valence-electron chi connectivity index (χ0n) is 12.5. The topological polar surface area (TPSA) is 46.6 Å². The molecular weight excluding hydrogens is 278 g/mol. The van der Waals surface area contributed by atoms with Crippen molar-refractivity contribution >= 4 is 23.6 Å². The van der Waals surface area contributed by atoms with E-state index in [1.165, 1.54) is 18.1 Å². The van der Waals surface area contributed by atoms with Crippen molar-refractivity contribution in [1.82, 2.24) is 0 Å². The average Bonchev–Trinajstić information content (AvgIpc) is 2.59. The number of anilines is 1. The summed E-state index contributed by atoms with van der Waals surface area (Å²) in [6, 6.07) is 16.3. The van der Waals surface area contributed by atoms with Crippen molar-refractivity contribution in [3.05, 3.63) is 71.8 Å². The van der Waals surface area contributed by atoms with E-state index in [9.17, 15) is 9.59 Å². The minimum Gasteiger partial charge on any atom is -0.465 e. The van der Waals surface area contributed by atoms with Gasteiger partial charge in [0.1, 0.15) is 0 Å². The summed E-state index contributed by atoms with van der Waals surface area (Å²) in [5.74, 6) is -0.602. The number of para-hydroxylation sites is 1. The number of ether oxygens (including phenoxy) is 1. The maximum atomic E-state index is 12.2. The zero-order valence-corrected chi connectivity index (χ0v) is 12.5. The normalized spacial score (nSPS) is 10.5. The van der Waals surface area contributed by atoms with Gasteiger partial charge in [0.2, 0.25) is 0 Å². The molecule has 2 aromatic rings. The molecule has 0 aliphatic carbocycles. The number of carbonyl (C=O) groups excluding carboxylic acids is 2. The highest BCUT2D eigenvalue weighted by Crippen LogP contribution is 2.14. The van der Waals surface area contributed by atoms with Gasteiger partial charge in [-0.25, -0.2) is 4.79 Å². The van der Waals surface area contributed by atoms with Crippen LogP contribution in [0.4, 0.5) is 5.69 Å². The Morgan fingerprint density at radius 3 is 2.32 bits per heavy atom. The van der Waals surface area contributed by atoms with Crippen molar-refractivity contribution < 1.29 is 14.3 Å². The third-order valence-electron chi connectivity index (χ3n) is 3.25. The SMILES string of the molecule is COC(=O)c1ccccc1/C=C/C(=O)N(C)c1ccccc1. The molecule has 0 atom stereocenters. The second-order valence-corrected chi connectivity index (χ2v) is 4.64. The quantitative estimate of drug-likeness (QED) is 0.643. The minimum atomic E-state index is -0.427. The predicted octanol–water partition coefficient (Wildman–Crippen LogP) is 3.15. The van der Waals surface area contributed by atoms with Gasteiger partial charge >= 0.3 is 5.97 Å². The van der Waals surface area contributed by atoms with Crippen LogP contribution in [0.25, 0.3) is 6.08 Å². The third kappa shape index (κ3) is 3.61. The van der Waals surface area contributed by atoms with Gasteiger partial charge in [-0.1, -0.05) is 36.4 Å². The van der Waals surface area contributed by atoms with Crippen molar-refractivity contribution in [2.75, 3.05) is 19.1 Å². The van der Waals surface area contributed by atoms with Crippen LogP contribution in [-0.2, 0) is 9.53 Å². The monoisotopic (exact) mass is 295 g/mol. The van der Waals surface area contributed by atoms with Crippen LogP contribution in [0.3, 0.4) is 0 Å². The molecule has 2 aromatic carbocycles. The molecule has 1 amide bonds. The van der Waals surface area contributed by atoms with Crippen LogP contribution in [0.1, 0.15) is 15.9 Å². The summed E-state index contributed by atoms with van der Waals surface area (Å²) in [7, 11) is 3.03. The fourth-order valence-corrected chi connectivity index (χ4v) is 1.99. The summed E-state index contributed by atoms with van der Waals surface area (Å²) in [4.78, 5) is 25.4. The van der Waals surface area contributed by atoms with Crippen LogP contribution < -0.4 is 4.90 Å². The molecule has 0 aromatic heterocycles. The van der Waals surface area contributed by atoms with Crippen LogP contribution in [0.15, 0.2) is 60.7 Å². The number of esters is 1. The number of rotatable bonds is 4. The molecule has 0 unspecified atom stereocenters. The Bertz CT molecular complexity index is 692. The second kappa shape index (κ2) is 7.22. The lowest BCUT2D eigenvalue weighted by Crippen LogP contribution is -2.23. The van der Waals surface area contributed by atoms with E-state index < -0.39 is 5.97 Å². The summed E-state index contributed by atoms with van der Waals surface area (Å²) in [5, 5.41) is 0. The molecule has 0 fully saturated rings. The molecule has 0 radical (unpaired) electrons. The van der Waals surface area contributed by atoms with Gasteiger partial charge in [-0.2, -0.15) is 0 Å². The molecule has 0 heterocycles. The number of nitrogens with zero attached hydrogens (tertiary/aromatic N) is 1. The molecule has 112 valence electrons. The van der Waals surface area contributed by atoms with E-state index in [0.717, 1.165) is 5.69 Å². The molecule has 0 aliphatic rings. The third-order valence-corrected chi connectivity index (χ3v) is 3.25. The number of hydrogen-bond acceptors (Lipinski definition) is 3. The summed E-state index contributed by atoms with van der Waals surface area (Å²) >= 11 is 0. The fraction of sp³-hybridized carbons (Fsp3) is 0.111. The number of likely N-dealkylation sites (N-methyl/N-ethyl adjacent to an activating group) is 1. The Morgan fingerprint density at radius 2 is 1.64 bits per heavy atom. The number of methoxy groups -OCH3 is 1. The maximum absolute atomic E-state index is 12.2. The van der Waals surface area contributed by atoms with Gasteiger partial charge in [0.05, 0.1) is 12.7 Å². The van der Waals surface area contributed by atoms with Gasteiger partial charge in [-0.15, -0.1) is 0 Å². The van der Waals surface area contributed by atoms with Gasteiger partial charge in [0.25, 0.3) is 5.91 Å². The lowest BCUT2D eigenvalue weighted by Gasteiger charge is -2.14. The lowest BCUT2D eigenvalue weighted by molar-refractivity contribution is -0.113. The Labute approximate surface area is 129 Å². The first-order valence-electron chi connectivity index (χ1n) is 6.81. The van der Waals surface area contributed by atoms with Gasteiger partial charge in [-0.3, -0.25) is 4.79 Å². The Hall–Kier alpha value is -2.88. The van der Waals surface area contributed by atoms with Crippen molar-refractivity contribution in [1.29, 1.82) is 0 Å². The van der Waals surface area contributed by atoms with Crippen molar-refractivity contribution in [3.63, 3.8) is 0 Å². The van der Waals surface area contributed by atoms with E-state index in [4.69, 9.17) is 4.74 Å². The molecule has 4 nitrogen and oxygen atoms in total. The van der Waals surface area contributed by atoms with E-state index in [-0.39, 0.29) is 5.91 Å². The largest absolute Gasteiger partial charge is 0.465 e. The highest BCUT2D eigenvalue weighted by Gasteiger charge is 2.10. The van der Waals surface area contributed by atoms with E-state index in [1.54, 1.807) is 37.4 Å². The van der Waals surface area contributed by atoms with Crippen molar-refractivity contribution in [2.24, 2.45) is 0 Å². The van der Waals surface area contributed by atoms with Gasteiger partial charge < -0.3 is 9.64 Å². The van der Waals surface area contributed by atoms with Crippen LogP contribution in [0, 0.1) is 0 Å². The molecule has 0 saturated heterocycles. The van der Waals surface area contributed by atoms with E-state index in [2.05, 4.69) is 0 Å². The molecule has 2 rings (SSSR count). The summed E-state index contributed by atoms with van der Waals surface area (Å²) in [6.07, 6.45) is 3.06. The van der Waals surface area contributed by atoms with Crippen LogP contribution in [0.5, 0.6) is 0 Å². The number of benzene rings is 2. The van der Waals surface area contributed by atoms with Crippen molar-refractivity contribution in [2.45, 2.75) is 0 Å². The first-order valence-corrected chi connectivity index (χ1v) is 6.81. The lowest BCUT2D eigenvalue weighted by atomic mass is 10.1. The molecule has 0 bridgehead atoms. The minimum absolute atomic E-state index is 0.175. The van der Waals surface area contributed by atoms with Gasteiger partial charge in [-0.05, 0) is 29.8 Å². The molecule has 0 aliphatic heterocycles. The average molecular weight is 295 g/mol. The van der Waals surface area contributed by atoms with E-state index >= 15 is 0 Å². The van der Waals surface area contributed by atoms with E-state index in [1.807, 2.05) is 30.3 Å². The first kappa shape index (κ1) is 15.5. The van der Waals surface area contributed by atoms with E-state index in [0.29, 0.717) is 11.1 Å². The van der Waals surface area contributed by atoms with Crippen LogP contribution in [-0.4, -0.2) is 26.0 Å². The molecule has 0 N–H and O–H groups in total. The van der Waals surface area contributed by atoms with Crippen molar-refractivity contribution in [3.8, 4) is 0 Å². The fourth-order valence-electron chi connectivity index (χ4n) is 1.99. The molecule has 4 heteroatoms. The Kier molecular flexibility index (Phi) is 5.09.